The Bertz CT molecular complexity index is 617. The van der Waals surface area contributed by atoms with Gasteiger partial charge in [-0.25, -0.2) is 0 Å². The van der Waals surface area contributed by atoms with Crippen LogP contribution in [0.1, 0.15) is 17.2 Å². The van der Waals surface area contributed by atoms with Gasteiger partial charge in [0.2, 0.25) is 0 Å². The molecular weight excluding hydrogens is 284 g/mol. The Labute approximate surface area is 130 Å². The van der Waals surface area contributed by atoms with Gasteiger partial charge in [-0.05, 0) is 23.8 Å². The fraction of sp³-hybridized carbons (Fsp3) is 0.294. The molecule has 22 heavy (non-hydrogen) atoms. The van der Waals surface area contributed by atoms with Crippen LogP contribution in [-0.2, 0) is 0 Å². The van der Waals surface area contributed by atoms with E-state index in [-0.39, 0.29) is 0 Å². The second kappa shape index (κ2) is 7.04. The second-order valence-corrected chi connectivity index (χ2v) is 4.63. The van der Waals surface area contributed by atoms with Crippen molar-refractivity contribution in [2.75, 3.05) is 28.4 Å². The largest absolute Gasteiger partial charge is 0.497 e. The Morgan fingerprint density at radius 3 is 1.95 bits per heavy atom. The molecule has 0 unspecified atom stereocenters. The molecule has 0 radical (unpaired) electrons. The summed E-state index contributed by atoms with van der Waals surface area (Å²) in [5.41, 5.74) is 1.25. The molecule has 0 amide bonds. The Kier molecular flexibility index (Phi) is 5.12. The number of para-hydroxylation sites is 1. The first-order valence-corrected chi connectivity index (χ1v) is 6.76. The molecule has 0 heterocycles. The summed E-state index contributed by atoms with van der Waals surface area (Å²) in [6, 6.07) is 10.6. The predicted molar refractivity (Wildman–Crippen MR) is 83.2 cm³/mol. The van der Waals surface area contributed by atoms with Crippen LogP contribution in [0.5, 0.6) is 23.0 Å². The minimum atomic E-state index is -0.894. The number of benzene rings is 2. The van der Waals surface area contributed by atoms with Crippen LogP contribution in [0.25, 0.3) is 0 Å². The lowest BCUT2D eigenvalue weighted by Gasteiger charge is -2.18. The topological polar surface area (TPSA) is 57.2 Å². The Hall–Kier alpha value is -2.40. The van der Waals surface area contributed by atoms with Crippen molar-refractivity contribution >= 4 is 0 Å². The summed E-state index contributed by atoms with van der Waals surface area (Å²) in [5.74, 6) is 2.28. The first-order chi connectivity index (χ1) is 10.6. The Morgan fingerprint density at radius 2 is 1.45 bits per heavy atom. The average Bonchev–Trinajstić information content (AvgIpc) is 2.59. The second-order valence-electron chi connectivity index (χ2n) is 4.63. The highest BCUT2D eigenvalue weighted by molar-refractivity contribution is 5.51. The van der Waals surface area contributed by atoms with Crippen LogP contribution in [0, 0.1) is 0 Å². The lowest BCUT2D eigenvalue weighted by atomic mass is 9.99. The molecule has 0 bridgehead atoms. The van der Waals surface area contributed by atoms with Crippen molar-refractivity contribution < 1.29 is 24.1 Å². The molecule has 118 valence electrons. The van der Waals surface area contributed by atoms with Crippen LogP contribution in [-0.4, -0.2) is 33.5 Å². The number of rotatable bonds is 6. The number of aliphatic hydroxyl groups excluding tert-OH is 1. The molecule has 0 aliphatic rings. The highest BCUT2D eigenvalue weighted by atomic mass is 16.5. The van der Waals surface area contributed by atoms with Crippen LogP contribution in [0.2, 0.25) is 0 Å². The molecular formula is C17H20O5. The molecule has 1 N–H and O–H groups in total. The van der Waals surface area contributed by atoms with E-state index in [1.165, 1.54) is 0 Å². The average molecular weight is 304 g/mol. The van der Waals surface area contributed by atoms with Crippen LogP contribution in [0.4, 0.5) is 0 Å². The SMILES string of the molecule is COc1cc(OC)cc([C@@H](O)c2cccc(OC)c2OC)c1. The molecule has 0 aliphatic carbocycles. The van der Waals surface area contributed by atoms with Gasteiger partial charge in [0.05, 0.1) is 28.4 Å². The summed E-state index contributed by atoms with van der Waals surface area (Å²) in [4.78, 5) is 0. The van der Waals surface area contributed by atoms with Crippen molar-refractivity contribution in [2.24, 2.45) is 0 Å². The van der Waals surface area contributed by atoms with Crippen molar-refractivity contribution in [3.63, 3.8) is 0 Å². The molecule has 0 saturated heterocycles. The van der Waals surface area contributed by atoms with E-state index in [0.717, 1.165) is 0 Å². The van der Waals surface area contributed by atoms with Crippen molar-refractivity contribution in [3.8, 4) is 23.0 Å². The smallest absolute Gasteiger partial charge is 0.166 e. The third kappa shape index (κ3) is 3.09. The van der Waals surface area contributed by atoms with Gasteiger partial charge in [-0.1, -0.05) is 12.1 Å². The lowest BCUT2D eigenvalue weighted by molar-refractivity contribution is 0.212. The quantitative estimate of drug-likeness (QED) is 0.889. The van der Waals surface area contributed by atoms with Crippen LogP contribution in [0.15, 0.2) is 36.4 Å². The maximum atomic E-state index is 10.7. The fourth-order valence-corrected chi connectivity index (χ4v) is 2.29. The summed E-state index contributed by atoms with van der Waals surface area (Å²) >= 11 is 0. The monoisotopic (exact) mass is 304 g/mol. The van der Waals surface area contributed by atoms with E-state index in [0.29, 0.717) is 34.1 Å². The van der Waals surface area contributed by atoms with Gasteiger partial charge in [0.1, 0.15) is 17.6 Å². The summed E-state index contributed by atoms with van der Waals surface area (Å²) < 4.78 is 21.1. The van der Waals surface area contributed by atoms with Gasteiger partial charge in [0.25, 0.3) is 0 Å². The number of hydrogen-bond donors (Lipinski definition) is 1. The van der Waals surface area contributed by atoms with E-state index in [1.54, 1.807) is 64.8 Å². The van der Waals surface area contributed by atoms with E-state index in [2.05, 4.69) is 0 Å². The zero-order chi connectivity index (χ0) is 16.1. The minimum absolute atomic E-state index is 0.499. The minimum Gasteiger partial charge on any atom is -0.497 e. The molecule has 1 atom stereocenters. The van der Waals surface area contributed by atoms with Gasteiger partial charge in [-0.3, -0.25) is 0 Å². The zero-order valence-electron chi connectivity index (χ0n) is 13.1. The molecule has 2 rings (SSSR count). The number of hydrogen-bond acceptors (Lipinski definition) is 5. The third-order valence-corrected chi connectivity index (χ3v) is 3.42. The van der Waals surface area contributed by atoms with Crippen LogP contribution < -0.4 is 18.9 Å². The van der Waals surface area contributed by atoms with E-state index >= 15 is 0 Å². The summed E-state index contributed by atoms with van der Waals surface area (Å²) in [7, 11) is 6.23. The molecule has 0 fully saturated rings. The van der Waals surface area contributed by atoms with Gasteiger partial charge < -0.3 is 24.1 Å². The summed E-state index contributed by atoms with van der Waals surface area (Å²) in [5, 5.41) is 10.7. The normalized spacial score (nSPS) is 11.7. The van der Waals surface area contributed by atoms with Gasteiger partial charge in [-0.2, -0.15) is 0 Å². The van der Waals surface area contributed by atoms with Crippen molar-refractivity contribution in [1.29, 1.82) is 0 Å². The molecule has 5 nitrogen and oxygen atoms in total. The summed E-state index contributed by atoms with van der Waals surface area (Å²) in [6.45, 7) is 0. The van der Waals surface area contributed by atoms with E-state index in [9.17, 15) is 5.11 Å². The molecule has 5 heteroatoms. The van der Waals surface area contributed by atoms with Crippen molar-refractivity contribution in [2.45, 2.75) is 6.10 Å². The van der Waals surface area contributed by atoms with Crippen LogP contribution >= 0.6 is 0 Å². The maximum absolute atomic E-state index is 10.7. The summed E-state index contributed by atoms with van der Waals surface area (Å²) in [6.07, 6.45) is -0.894. The van der Waals surface area contributed by atoms with Gasteiger partial charge >= 0.3 is 0 Å². The molecule has 0 saturated carbocycles. The molecule has 0 aliphatic heterocycles. The molecule has 0 aromatic heterocycles. The Morgan fingerprint density at radius 1 is 0.818 bits per heavy atom. The first-order valence-electron chi connectivity index (χ1n) is 6.76. The standard InChI is InChI=1S/C17H20O5/c1-19-12-8-11(9-13(10-12)20-2)16(18)14-6-5-7-15(21-3)17(14)22-4/h5-10,16,18H,1-4H3/t16-/m1/s1. The van der Waals surface area contributed by atoms with Crippen molar-refractivity contribution in [1.82, 2.24) is 0 Å². The van der Waals surface area contributed by atoms with Gasteiger partial charge in [0, 0.05) is 11.6 Å². The first kappa shape index (κ1) is 16.0. The molecule has 2 aromatic carbocycles. The number of ether oxygens (including phenoxy) is 4. The number of aliphatic hydroxyl groups is 1. The molecule has 2 aromatic rings. The fourth-order valence-electron chi connectivity index (χ4n) is 2.29. The third-order valence-electron chi connectivity index (χ3n) is 3.42. The lowest BCUT2D eigenvalue weighted by Crippen LogP contribution is -2.04. The number of methoxy groups -OCH3 is 4. The van der Waals surface area contributed by atoms with E-state index in [4.69, 9.17) is 18.9 Å². The molecule has 0 spiro atoms. The van der Waals surface area contributed by atoms with Crippen LogP contribution in [0.3, 0.4) is 0 Å². The Balaban J connectivity index is 2.50. The maximum Gasteiger partial charge on any atom is 0.166 e. The highest BCUT2D eigenvalue weighted by Gasteiger charge is 2.20. The van der Waals surface area contributed by atoms with Gasteiger partial charge in [-0.15, -0.1) is 0 Å². The van der Waals surface area contributed by atoms with Crippen molar-refractivity contribution in [3.05, 3.63) is 47.5 Å². The zero-order valence-corrected chi connectivity index (χ0v) is 13.1. The van der Waals surface area contributed by atoms with Gasteiger partial charge in [0.15, 0.2) is 11.5 Å². The predicted octanol–water partition coefficient (Wildman–Crippen LogP) is 2.80. The van der Waals surface area contributed by atoms with E-state index in [1.807, 2.05) is 0 Å². The van der Waals surface area contributed by atoms with E-state index < -0.39 is 6.10 Å². The highest BCUT2D eigenvalue weighted by Crippen LogP contribution is 2.38.